The number of nitrogens with zero attached hydrogens (tertiary/aromatic N) is 1. The van der Waals surface area contributed by atoms with Crippen LogP contribution in [0.2, 0.25) is 0 Å². The molecule has 0 bridgehead atoms. The van der Waals surface area contributed by atoms with Crippen molar-refractivity contribution >= 4 is 5.91 Å². The van der Waals surface area contributed by atoms with E-state index in [-0.39, 0.29) is 5.91 Å². The fourth-order valence-electron chi connectivity index (χ4n) is 1.34. The highest BCUT2D eigenvalue weighted by molar-refractivity contribution is 5.92. The molecule has 0 atom stereocenters. The lowest BCUT2D eigenvalue weighted by molar-refractivity contribution is 0.0949. The number of carbonyl (C=O) groups excluding carboxylic acids is 1. The van der Waals surface area contributed by atoms with Crippen LogP contribution in [0.1, 0.15) is 16.1 Å². The highest BCUT2D eigenvalue weighted by Gasteiger charge is 2.04. The summed E-state index contributed by atoms with van der Waals surface area (Å²) in [5.41, 5.74) is 1.51. The van der Waals surface area contributed by atoms with Crippen molar-refractivity contribution in [3.8, 4) is 0 Å². The minimum absolute atomic E-state index is 0.149. The zero-order valence-corrected chi connectivity index (χ0v) is 8.72. The zero-order valence-electron chi connectivity index (χ0n) is 8.72. The molecule has 82 valence electrons. The fourth-order valence-corrected chi connectivity index (χ4v) is 1.34. The highest BCUT2D eigenvalue weighted by atomic mass is 16.3. The summed E-state index contributed by atoms with van der Waals surface area (Å²) in [5.74, 6) is -0.149. The Kier molecular flexibility index (Phi) is 3.33. The second kappa shape index (κ2) is 5.11. The smallest absolute Gasteiger partial charge is 0.269 e. The van der Waals surface area contributed by atoms with E-state index >= 15 is 0 Å². The second-order valence-electron chi connectivity index (χ2n) is 3.35. The molecule has 4 heteroatoms. The first-order valence-electron chi connectivity index (χ1n) is 5.06. The quantitative estimate of drug-likeness (QED) is 0.845. The molecule has 0 aliphatic rings. The van der Waals surface area contributed by atoms with Gasteiger partial charge in [0, 0.05) is 12.7 Å². The third-order valence-corrected chi connectivity index (χ3v) is 2.18. The summed E-state index contributed by atoms with van der Waals surface area (Å²) in [5, 5.41) is 2.79. The first-order valence-corrected chi connectivity index (χ1v) is 5.06. The van der Waals surface area contributed by atoms with Crippen LogP contribution in [0.5, 0.6) is 0 Å². The zero-order chi connectivity index (χ0) is 11.2. The maximum atomic E-state index is 11.6. The van der Waals surface area contributed by atoms with Crippen LogP contribution in [0.25, 0.3) is 0 Å². The molecule has 0 saturated heterocycles. The Morgan fingerprint density at radius 2 is 2.31 bits per heavy atom. The molecule has 1 N–H and O–H groups in total. The molecule has 0 spiro atoms. The minimum Gasteiger partial charge on any atom is -0.472 e. The summed E-state index contributed by atoms with van der Waals surface area (Å²) >= 11 is 0. The molecule has 0 saturated carbocycles. The number of pyridine rings is 1. The van der Waals surface area contributed by atoms with Crippen LogP contribution in [0.3, 0.4) is 0 Å². The van der Waals surface area contributed by atoms with Gasteiger partial charge in [0.05, 0.1) is 12.5 Å². The van der Waals surface area contributed by atoms with Gasteiger partial charge in [0.25, 0.3) is 5.91 Å². The average molecular weight is 216 g/mol. The molecule has 0 radical (unpaired) electrons. The Balaban J connectivity index is 1.81. The van der Waals surface area contributed by atoms with Crippen LogP contribution in [-0.2, 0) is 6.42 Å². The molecule has 1 amide bonds. The number of hydrogen-bond donors (Lipinski definition) is 1. The summed E-state index contributed by atoms with van der Waals surface area (Å²) in [6.07, 6.45) is 5.66. The average Bonchev–Trinajstić information content (AvgIpc) is 2.83. The molecule has 0 unspecified atom stereocenters. The van der Waals surface area contributed by atoms with Gasteiger partial charge in [0.1, 0.15) is 5.69 Å². The molecule has 16 heavy (non-hydrogen) atoms. The van der Waals surface area contributed by atoms with Gasteiger partial charge in [-0.25, -0.2) is 0 Å². The second-order valence-corrected chi connectivity index (χ2v) is 3.35. The highest BCUT2D eigenvalue weighted by Crippen LogP contribution is 2.00. The van der Waals surface area contributed by atoms with Crippen LogP contribution in [0, 0.1) is 0 Å². The van der Waals surface area contributed by atoms with Crippen LogP contribution in [0.15, 0.2) is 47.4 Å². The van der Waals surface area contributed by atoms with E-state index in [4.69, 9.17) is 4.42 Å². The van der Waals surface area contributed by atoms with E-state index in [1.165, 1.54) is 0 Å². The number of carbonyl (C=O) groups is 1. The van der Waals surface area contributed by atoms with E-state index in [1.54, 1.807) is 36.9 Å². The van der Waals surface area contributed by atoms with Crippen LogP contribution < -0.4 is 5.32 Å². The predicted molar refractivity (Wildman–Crippen MR) is 59.0 cm³/mol. The van der Waals surface area contributed by atoms with Gasteiger partial charge in [-0.3, -0.25) is 9.78 Å². The number of furan rings is 1. The fraction of sp³-hybridized carbons (Fsp3) is 0.167. The summed E-state index contributed by atoms with van der Waals surface area (Å²) < 4.78 is 4.93. The lowest BCUT2D eigenvalue weighted by Gasteiger charge is -2.02. The molecular formula is C12H12N2O2. The number of amides is 1. The van der Waals surface area contributed by atoms with Gasteiger partial charge in [-0.1, -0.05) is 6.07 Å². The van der Waals surface area contributed by atoms with Crippen LogP contribution in [0.4, 0.5) is 0 Å². The topological polar surface area (TPSA) is 55.1 Å². The molecule has 2 heterocycles. The van der Waals surface area contributed by atoms with Gasteiger partial charge < -0.3 is 9.73 Å². The Morgan fingerprint density at radius 3 is 3.00 bits per heavy atom. The van der Waals surface area contributed by atoms with Crippen molar-refractivity contribution in [2.75, 3.05) is 6.54 Å². The van der Waals surface area contributed by atoms with Crippen molar-refractivity contribution in [1.82, 2.24) is 10.3 Å². The van der Waals surface area contributed by atoms with Crippen molar-refractivity contribution in [1.29, 1.82) is 0 Å². The first-order chi connectivity index (χ1) is 7.86. The van der Waals surface area contributed by atoms with Crippen LogP contribution in [-0.4, -0.2) is 17.4 Å². The van der Waals surface area contributed by atoms with E-state index in [9.17, 15) is 4.79 Å². The molecule has 2 aromatic rings. The van der Waals surface area contributed by atoms with E-state index in [0.29, 0.717) is 12.2 Å². The van der Waals surface area contributed by atoms with Crippen molar-refractivity contribution in [2.45, 2.75) is 6.42 Å². The van der Waals surface area contributed by atoms with Gasteiger partial charge in [-0.15, -0.1) is 0 Å². The SMILES string of the molecule is O=C(NCCc1ccoc1)c1ccccn1. The van der Waals surface area contributed by atoms with Crippen molar-refractivity contribution < 1.29 is 9.21 Å². The number of nitrogens with one attached hydrogen (secondary N) is 1. The van der Waals surface area contributed by atoms with Gasteiger partial charge in [0.15, 0.2) is 0 Å². The molecular weight excluding hydrogens is 204 g/mol. The lowest BCUT2D eigenvalue weighted by atomic mass is 10.2. The van der Waals surface area contributed by atoms with Crippen molar-refractivity contribution in [3.63, 3.8) is 0 Å². The van der Waals surface area contributed by atoms with Crippen LogP contribution >= 0.6 is 0 Å². The maximum absolute atomic E-state index is 11.6. The van der Waals surface area contributed by atoms with Crippen molar-refractivity contribution in [2.24, 2.45) is 0 Å². The molecule has 0 aliphatic heterocycles. The third-order valence-electron chi connectivity index (χ3n) is 2.18. The number of rotatable bonds is 4. The van der Waals surface area contributed by atoms with E-state index in [0.717, 1.165) is 12.0 Å². The Hall–Kier alpha value is -2.10. The molecule has 2 rings (SSSR count). The third kappa shape index (κ3) is 2.70. The monoisotopic (exact) mass is 216 g/mol. The molecule has 0 aromatic carbocycles. The number of hydrogen-bond acceptors (Lipinski definition) is 3. The van der Waals surface area contributed by atoms with E-state index < -0.39 is 0 Å². The minimum atomic E-state index is -0.149. The van der Waals surface area contributed by atoms with E-state index in [1.807, 2.05) is 6.07 Å². The van der Waals surface area contributed by atoms with E-state index in [2.05, 4.69) is 10.3 Å². The van der Waals surface area contributed by atoms with Gasteiger partial charge >= 0.3 is 0 Å². The summed E-state index contributed by atoms with van der Waals surface area (Å²) in [4.78, 5) is 15.5. The molecule has 2 aromatic heterocycles. The predicted octanol–water partition coefficient (Wildman–Crippen LogP) is 1.65. The largest absolute Gasteiger partial charge is 0.472 e. The molecule has 0 fully saturated rings. The molecule has 4 nitrogen and oxygen atoms in total. The normalized spacial score (nSPS) is 10.0. The standard InChI is InChI=1S/C12H12N2O2/c15-12(11-3-1-2-6-13-11)14-7-4-10-5-8-16-9-10/h1-3,5-6,8-9H,4,7H2,(H,14,15). The summed E-state index contributed by atoms with van der Waals surface area (Å²) in [7, 11) is 0. The lowest BCUT2D eigenvalue weighted by Crippen LogP contribution is -2.26. The number of aromatic nitrogens is 1. The first kappa shape index (κ1) is 10.4. The summed E-state index contributed by atoms with van der Waals surface area (Å²) in [6.45, 7) is 0.578. The Labute approximate surface area is 93.3 Å². The molecule has 0 aliphatic carbocycles. The summed E-state index contributed by atoms with van der Waals surface area (Å²) in [6, 6.07) is 7.14. The van der Waals surface area contributed by atoms with Gasteiger partial charge in [-0.05, 0) is 30.2 Å². The van der Waals surface area contributed by atoms with Crippen molar-refractivity contribution in [3.05, 3.63) is 54.2 Å². The maximum Gasteiger partial charge on any atom is 0.269 e. The Bertz CT molecular complexity index is 437. The van der Waals surface area contributed by atoms with Gasteiger partial charge in [-0.2, -0.15) is 0 Å². The van der Waals surface area contributed by atoms with Gasteiger partial charge in [0.2, 0.25) is 0 Å². The Morgan fingerprint density at radius 1 is 1.38 bits per heavy atom.